The molecule has 12 heavy (non-hydrogen) atoms. The molecule has 0 radical (unpaired) electrons. The molecule has 0 aromatic heterocycles. The first-order valence-electron chi connectivity index (χ1n) is 3.56. The van der Waals surface area contributed by atoms with Crippen LogP contribution in [0.25, 0.3) is 0 Å². The Labute approximate surface area is 74.2 Å². The Balaban J connectivity index is 0. The van der Waals surface area contributed by atoms with Gasteiger partial charge in [0, 0.05) is 4.57 Å². The van der Waals surface area contributed by atoms with Crippen molar-refractivity contribution >= 4 is 8.25 Å². The van der Waals surface area contributed by atoms with Gasteiger partial charge in [-0.15, -0.1) is 9.79 Å². The van der Waals surface area contributed by atoms with E-state index in [0.29, 0.717) is 0 Å². The van der Waals surface area contributed by atoms with Crippen molar-refractivity contribution in [1.29, 1.82) is 0 Å². The highest BCUT2D eigenvalue weighted by atomic mass is 31.1. The largest absolute Gasteiger partial charge is 0.692 e. The molecule has 0 aliphatic carbocycles. The van der Waals surface area contributed by atoms with Gasteiger partial charge in [-0.2, -0.15) is 0 Å². The molecule has 5 heteroatoms. The lowest BCUT2D eigenvalue weighted by atomic mass is 9.79. The van der Waals surface area contributed by atoms with Gasteiger partial charge in [0.05, 0.1) is 5.60 Å². The summed E-state index contributed by atoms with van der Waals surface area (Å²) in [5.41, 5.74) is -0.569. The van der Waals surface area contributed by atoms with Crippen LogP contribution in [0.2, 0.25) is 0 Å². The second-order valence-electron chi connectivity index (χ2n) is 4.06. The van der Waals surface area contributed by atoms with Gasteiger partial charge in [-0.3, -0.25) is 0 Å². The third-order valence-electron chi connectivity index (χ3n) is 1.84. The number of hydrogen-bond donors (Lipinski definition) is 3. The van der Waals surface area contributed by atoms with Crippen LogP contribution in [0.4, 0.5) is 0 Å². The van der Waals surface area contributed by atoms with Crippen molar-refractivity contribution < 1.29 is 19.5 Å². The lowest BCUT2D eigenvalue weighted by Crippen LogP contribution is -2.35. The molecule has 0 bridgehead atoms. The van der Waals surface area contributed by atoms with Gasteiger partial charge in [0.25, 0.3) is 0 Å². The SMILES string of the molecule is CC(C)(C)C(C)(C)O.O=[P+](O)O. The first kappa shape index (κ1) is 14.5. The van der Waals surface area contributed by atoms with Crippen molar-refractivity contribution in [2.75, 3.05) is 0 Å². The van der Waals surface area contributed by atoms with E-state index >= 15 is 0 Å². The fraction of sp³-hybridized carbons (Fsp3) is 1.00. The third kappa shape index (κ3) is 9.98. The quantitative estimate of drug-likeness (QED) is 0.513. The predicted molar refractivity (Wildman–Crippen MR) is 47.8 cm³/mol. The highest BCUT2D eigenvalue weighted by Crippen LogP contribution is 2.28. The summed E-state index contributed by atoms with van der Waals surface area (Å²) in [5, 5.41) is 9.35. The molecule has 0 spiro atoms. The molecule has 0 fully saturated rings. The molecular weight excluding hydrogens is 179 g/mol. The maximum Gasteiger partial charge on any atom is 0.692 e. The van der Waals surface area contributed by atoms with E-state index in [9.17, 15) is 5.11 Å². The highest BCUT2D eigenvalue weighted by molar-refractivity contribution is 7.30. The van der Waals surface area contributed by atoms with Crippen LogP contribution in [0, 0.1) is 5.41 Å². The molecular formula is C7H18O4P+. The van der Waals surface area contributed by atoms with E-state index in [1.165, 1.54) is 0 Å². The molecule has 0 aliphatic rings. The van der Waals surface area contributed by atoms with Gasteiger partial charge < -0.3 is 5.11 Å². The van der Waals surface area contributed by atoms with Gasteiger partial charge in [-0.25, -0.2) is 0 Å². The summed E-state index contributed by atoms with van der Waals surface area (Å²) in [4.78, 5) is 14.2. The molecule has 0 unspecified atom stereocenters. The minimum Gasteiger partial charge on any atom is -0.390 e. The Morgan fingerprint density at radius 3 is 1.08 bits per heavy atom. The predicted octanol–water partition coefficient (Wildman–Crippen LogP) is 1.43. The van der Waals surface area contributed by atoms with E-state index in [1.807, 2.05) is 34.6 Å². The van der Waals surface area contributed by atoms with Crippen molar-refractivity contribution in [1.82, 2.24) is 0 Å². The summed E-state index contributed by atoms with van der Waals surface area (Å²) >= 11 is 0. The van der Waals surface area contributed by atoms with Crippen LogP contribution in [0.1, 0.15) is 34.6 Å². The summed E-state index contributed by atoms with van der Waals surface area (Å²) in [6.45, 7) is 9.72. The highest BCUT2D eigenvalue weighted by Gasteiger charge is 2.29. The molecule has 0 saturated carbocycles. The average Bonchev–Trinajstić information content (AvgIpc) is 1.55. The molecule has 4 nitrogen and oxygen atoms in total. The molecule has 0 rings (SSSR count). The minimum absolute atomic E-state index is 0.00694. The van der Waals surface area contributed by atoms with Crippen LogP contribution in [0.3, 0.4) is 0 Å². The lowest BCUT2D eigenvalue weighted by molar-refractivity contribution is -0.0238. The summed E-state index contributed by atoms with van der Waals surface area (Å²) in [7, 11) is -2.87. The number of rotatable bonds is 0. The van der Waals surface area contributed by atoms with Crippen LogP contribution in [0.15, 0.2) is 0 Å². The van der Waals surface area contributed by atoms with Gasteiger partial charge in [0.1, 0.15) is 0 Å². The summed E-state index contributed by atoms with van der Waals surface area (Å²) < 4.78 is 8.70. The van der Waals surface area contributed by atoms with Gasteiger partial charge in [-0.1, -0.05) is 20.8 Å². The average molecular weight is 197 g/mol. The van der Waals surface area contributed by atoms with Crippen molar-refractivity contribution in [3.05, 3.63) is 0 Å². The van der Waals surface area contributed by atoms with E-state index in [-0.39, 0.29) is 5.41 Å². The zero-order valence-electron chi connectivity index (χ0n) is 8.20. The zero-order chi connectivity index (χ0) is 10.6. The Morgan fingerprint density at radius 1 is 1.00 bits per heavy atom. The Hall–Kier alpha value is -0.0200. The number of hydrogen-bond acceptors (Lipinski definition) is 2. The summed E-state index contributed by atoms with van der Waals surface area (Å²) in [6, 6.07) is 0. The molecule has 0 saturated heterocycles. The lowest BCUT2D eigenvalue weighted by Gasteiger charge is -2.33. The molecule has 0 aromatic carbocycles. The smallest absolute Gasteiger partial charge is 0.390 e. The van der Waals surface area contributed by atoms with Gasteiger partial charge >= 0.3 is 8.25 Å². The van der Waals surface area contributed by atoms with E-state index in [4.69, 9.17) is 14.4 Å². The maximum atomic E-state index is 9.35. The Kier molecular flexibility index (Phi) is 5.89. The molecule has 0 aliphatic heterocycles. The Bertz CT molecular complexity index is 126. The first-order chi connectivity index (χ1) is 4.98. The maximum absolute atomic E-state index is 9.35. The molecule has 74 valence electrons. The van der Waals surface area contributed by atoms with Gasteiger partial charge in [-0.05, 0) is 19.3 Å². The van der Waals surface area contributed by atoms with Crippen LogP contribution < -0.4 is 0 Å². The third-order valence-corrected chi connectivity index (χ3v) is 1.84. The van der Waals surface area contributed by atoms with E-state index in [1.54, 1.807) is 0 Å². The molecule has 0 heterocycles. The monoisotopic (exact) mass is 197 g/mol. The normalized spacial score (nSPS) is 11.7. The standard InChI is InChI=1S/C7H16O.HO3P/c1-6(2,3)7(4,5)8;1-4(2)3/h8H,1-5H3;(H-,1,2,3)/p+1. The van der Waals surface area contributed by atoms with Crippen LogP contribution in [-0.2, 0) is 4.57 Å². The fourth-order valence-corrected chi connectivity index (χ4v) is 0. The number of aliphatic hydroxyl groups is 1. The minimum atomic E-state index is -2.87. The van der Waals surface area contributed by atoms with Crippen LogP contribution in [-0.4, -0.2) is 20.5 Å². The Morgan fingerprint density at radius 2 is 1.08 bits per heavy atom. The van der Waals surface area contributed by atoms with E-state index < -0.39 is 13.9 Å². The zero-order valence-corrected chi connectivity index (χ0v) is 9.09. The van der Waals surface area contributed by atoms with Crippen molar-refractivity contribution in [3.8, 4) is 0 Å². The first-order valence-corrected chi connectivity index (χ1v) is 4.72. The van der Waals surface area contributed by atoms with Crippen molar-refractivity contribution in [2.24, 2.45) is 5.41 Å². The van der Waals surface area contributed by atoms with Crippen molar-refractivity contribution in [2.45, 2.75) is 40.2 Å². The summed E-state index contributed by atoms with van der Waals surface area (Å²) in [5.74, 6) is 0. The summed E-state index contributed by atoms with van der Waals surface area (Å²) in [6.07, 6.45) is 0. The fourth-order valence-electron chi connectivity index (χ4n) is 0. The molecule has 3 N–H and O–H groups in total. The van der Waals surface area contributed by atoms with E-state index in [2.05, 4.69) is 0 Å². The van der Waals surface area contributed by atoms with Gasteiger partial charge in [0.2, 0.25) is 0 Å². The van der Waals surface area contributed by atoms with E-state index in [0.717, 1.165) is 0 Å². The molecule has 0 amide bonds. The molecule has 0 aromatic rings. The second-order valence-corrected chi connectivity index (χ2v) is 4.57. The van der Waals surface area contributed by atoms with Crippen LogP contribution >= 0.6 is 8.25 Å². The topological polar surface area (TPSA) is 77.8 Å². The second kappa shape index (κ2) is 4.87. The van der Waals surface area contributed by atoms with Crippen LogP contribution in [0.5, 0.6) is 0 Å². The van der Waals surface area contributed by atoms with Gasteiger partial charge in [0.15, 0.2) is 0 Å². The van der Waals surface area contributed by atoms with Crippen molar-refractivity contribution in [3.63, 3.8) is 0 Å². The molecule has 0 atom stereocenters.